The van der Waals surface area contributed by atoms with E-state index in [-0.39, 0.29) is 11.6 Å². The summed E-state index contributed by atoms with van der Waals surface area (Å²) in [6.45, 7) is 0.558. The van der Waals surface area contributed by atoms with Crippen molar-refractivity contribution in [3.8, 4) is 5.75 Å². The Morgan fingerprint density at radius 2 is 2.00 bits per heavy atom. The molecule has 0 spiro atoms. The Hall–Kier alpha value is -2.30. The molecular weight excluding hydrogens is 262 g/mol. The molecule has 0 saturated heterocycles. The van der Waals surface area contributed by atoms with Crippen molar-refractivity contribution in [1.29, 1.82) is 0 Å². The van der Waals surface area contributed by atoms with E-state index >= 15 is 0 Å². The van der Waals surface area contributed by atoms with E-state index in [0.29, 0.717) is 24.3 Å². The van der Waals surface area contributed by atoms with Crippen LogP contribution in [0.2, 0.25) is 0 Å². The molecule has 2 aromatic rings. The van der Waals surface area contributed by atoms with Crippen molar-refractivity contribution in [3.63, 3.8) is 0 Å². The molecule has 0 fully saturated rings. The number of halogens is 2. The summed E-state index contributed by atoms with van der Waals surface area (Å²) in [5.74, 6) is -0.626. The lowest BCUT2D eigenvalue weighted by Gasteiger charge is -2.12. The van der Waals surface area contributed by atoms with Crippen LogP contribution in [0.25, 0.3) is 0 Å². The van der Waals surface area contributed by atoms with E-state index in [1.54, 1.807) is 6.07 Å². The molecule has 0 aliphatic heterocycles. The third kappa shape index (κ3) is 3.38. The molecule has 106 valence electrons. The number of benzene rings is 2. The Morgan fingerprint density at radius 1 is 1.20 bits per heavy atom. The molecule has 0 heterocycles. The van der Waals surface area contributed by atoms with E-state index in [4.69, 9.17) is 10.5 Å². The lowest BCUT2D eigenvalue weighted by Crippen LogP contribution is -2.07. The van der Waals surface area contributed by atoms with Crippen LogP contribution < -0.4 is 15.8 Å². The summed E-state index contributed by atoms with van der Waals surface area (Å²) in [6, 6.07) is 9.12. The molecule has 0 aliphatic rings. The smallest absolute Gasteiger partial charge is 0.167 e. The van der Waals surface area contributed by atoms with Crippen molar-refractivity contribution in [1.82, 2.24) is 0 Å². The maximum Gasteiger partial charge on any atom is 0.167 e. The number of hydrogen-bond donors (Lipinski definition) is 2. The molecular formula is C15H16F2N2O. The van der Waals surface area contributed by atoms with Crippen LogP contribution in [-0.2, 0) is 6.42 Å². The van der Waals surface area contributed by atoms with Gasteiger partial charge < -0.3 is 15.8 Å². The van der Waals surface area contributed by atoms with Gasteiger partial charge in [0.1, 0.15) is 5.82 Å². The van der Waals surface area contributed by atoms with E-state index in [0.717, 1.165) is 5.56 Å². The molecule has 2 rings (SSSR count). The minimum atomic E-state index is -0.499. The summed E-state index contributed by atoms with van der Waals surface area (Å²) < 4.78 is 31.3. The first-order valence-corrected chi connectivity index (χ1v) is 6.21. The van der Waals surface area contributed by atoms with E-state index in [1.165, 1.54) is 31.4 Å². The molecule has 3 nitrogen and oxygen atoms in total. The summed E-state index contributed by atoms with van der Waals surface area (Å²) in [6.07, 6.45) is 0.636. The van der Waals surface area contributed by atoms with Crippen LogP contribution in [0.15, 0.2) is 36.4 Å². The molecule has 0 radical (unpaired) electrons. The van der Waals surface area contributed by atoms with E-state index < -0.39 is 5.82 Å². The summed E-state index contributed by atoms with van der Waals surface area (Å²) in [5.41, 5.74) is 7.52. The van der Waals surface area contributed by atoms with Gasteiger partial charge in [0.05, 0.1) is 18.5 Å². The Labute approximate surface area is 116 Å². The fourth-order valence-corrected chi connectivity index (χ4v) is 1.91. The predicted molar refractivity (Wildman–Crippen MR) is 76.0 cm³/mol. The lowest BCUT2D eigenvalue weighted by molar-refractivity contribution is 0.387. The van der Waals surface area contributed by atoms with Crippen LogP contribution in [0.1, 0.15) is 5.56 Å². The van der Waals surface area contributed by atoms with Crippen LogP contribution in [0.3, 0.4) is 0 Å². The highest BCUT2D eigenvalue weighted by atomic mass is 19.1. The number of hydrogen-bond acceptors (Lipinski definition) is 3. The van der Waals surface area contributed by atoms with Gasteiger partial charge in [-0.3, -0.25) is 0 Å². The molecule has 3 N–H and O–H groups in total. The number of ether oxygens (including phenoxy) is 1. The third-order valence-corrected chi connectivity index (χ3v) is 2.94. The highest BCUT2D eigenvalue weighted by Gasteiger charge is 2.08. The Morgan fingerprint density at radius 3 is 2.70 bits per heavy atom. The second kappa shape index (κ2) is 6.23. The van der Waals surface area contributed by atoms with Gasteiger partial charge in [0.2, 0.25) is 0 Å². The molecule has 0 unspecified atom stereocenters. The Bertz CT molecular complexity index is 602. The molecule has 0 saturated carbocycles. The Kier molecular flexibility index (Phi) is 4.40. The first-order chi connectivity index (χ1) is 9.60. The van der Waals surface area contributed by atoms with Crippen molar-refractivity contribution >= 4 is 11.4 Å². The summed E-state index contributed by atoms with van der Waals surface area (Å²) in [5, 5.41) is 3.09. The normalized spacial score (nSPS) is 10.3. The molecule has 5 heteroatoms. The molecule has 0 aromatic heterocycles. The SMILES string of the molecule is COc1cc(NCCc2cccc(F)c2)c(N)cc1F. The number of nitrogens with two attached hydrogens (primary N) is 1. The number of nitrogens with one attached hydrogen (secondary N) is 1. The predicted octanol–water partition coefficient (Wildman–Crippen LogP) is 3.21. The quantitative estimate of drug-likeness (QED) is 0.826. The molecule has 2 aromatic carbocycles. The third-order valence-electron chi connectivity index (χ3n) is 2.94. The van der Waals surface area contributed by atoms with E-state index in [1.807, 2.05) is 6.07 Å². The first-order valence-electron chi connectivity index (χ1n) is 6.21. The zero-order chi connectivity index (χ0) is 14.5. The molecule has 0 bridgehead atoms. The number of anilines is 2. The summed E-state index contributed by atoms with van der Waals surface area (Å²) in [7, 11) is 1.39. The monoisotopic (exact) mass is 278 g/mol. The second-order valence-electron chi connectivity index (χ2n) is 4.38. The van der Waals surface area contributed by atoms with Crippen LogP contribution in [-0.4, -0.2) is 13.7 Å². The van der Waals surface area contributed by atoms with Gasteiger partial charge in [-0.2, -0.15) is 0 Å². The highest BCUT2D eigenvalue weighted by Crippen LogP contribution is 2.27. The van der Waals surface area contributed by atoms with Crippen molar-refractivity contribution in [3.05, 3.63) is 53.6 Å². The van der Waals surface area contributed by atoms with Crippen molar-refractivity contribution in [2.75, 3.05) is 24.7 Å². The average molecular weight is 278 g/mol. The molecule has 0 amide bonds. The van der Waals surface area contributed by atoms with Gasteiger partial charge in [0, 0.05) is 18.7 Å². The van der Waals surface area contributed by atoms with Gasteiger partial charge in [-0.25, -0.2) is 8.78 Å². The number of methoxy groups -OCH3 is 1. The van der Waals surface area contributed by atoms with E-state index in [9.17, 15) is 8.78 Å². The van der Waals surface area contributed by atoms with Crippen LogP contribution in [0, 0.1) is 11.6 Å². The van der Waals surface area contributed by atoms with Crippen LogP contribution in [0.5, 0.6) is 5.75 Å². The topological polar surface area (TPSA) is 47.3 Å². The number of rotatable bonds is 5. The van der Waals surface area contributed by atoms with Crippen molar-refractivity contribution in [2.45, 2.75) is 6.42 Å². The van der Waals surface area contributed by atoms with Crippen LogP contribution in [0.4, 0.5) is 20.2 Å². The zero-order valence-electron chi connectivity index (χ0n) is 11.1. The largest absolute Gasteiger partial charge is 0.494 e. The minimum Gasteiger partial charge on any atom is -0.494 e. The van der Waals surface area contributed by atoms with Gasteiger partial charge >= 0.3 is 0 Å². The number of nitrogen functional groups attached to an aromatic ring is 1. The fourth-order valence-electron chi connectivity index (χ4n) is 1.91. The standard InChI is InChI=1S/C15H16F2N2O/c1-20-15-9-14(13(18)8-12(15)17)19-6-5-10-3-2-4-11(16)7-10/h2-4,7-9,19H,5-6,18H2,1H3. The molecule has 0 aliphatic carbocycles. The molecule has 0 atom stereocenters. The summed E-state index contributed by atoms with van der Waals surface area (Å²) in [4.78, 5) is 0. The average Bonchev–Trinajstić information content (AvgIpc) is 2.41. The maximum atomic E-state index is 13.4. The first kappa shape index (κ1) is 14.1. The van der Waals surface area contributed by atoms with Gasteiger partial charge in [-0.1, -0.05) is 12.1 Å². The zero-order valence-corrected chi connectivity index (χ0v) is 11.1. The molecule has 20 heavy (non-hydrogen) atoms. The van der Waals surface area contributed by atoms with Gasteiger partial charge in [0.25, 0.3) is 0 Å². The second-order valence-corrected chi connectivity index (χ2v) is 4.38. The van der Waals surface area contributed by atoms with E-state index in [2.05, 4.69) is 5.32 Å². The highest BCUT2D eigenvalue weighted by molar-refractivity contribution is 5.68. The lowest BCUT2D eigenvalue weighted by atomic mass is 10.1. The Balaban J connectivity index is 2.00. The van der Waals surface area contributed by atoms with Gasteiger partial charge in [-0.15, -0.1) is 0 Å². The van der Waals surface area contributed by atoms with Gasteiger partial charge in [0.15, 0.2) is 11.6 Å². The van der Waals surface area contributed by atoms with Crippen molar-refractivity contribution < 1.29 is 13.5 Å². The summed E-state index contributed by atoms with van der Waals surface area (Å²) >= 11 is 0. The van der Waals surface area contributed by atoms with Gasteiger partial charge in [-0.05, 0) is 24.1 Å². The minimum absolute atomic E-state index is 0.132. The maximum absolute atomic E-state index is 13.4. The van der Waals surface area contributed by atoms with Crippen LogP contribution >= 0.6 is 0 Å². The van der Waals surface area contributed by atoms with Crippen molar-refractivity contribution in [2.24, 2.45) is 0 Å². The fraction of sp³-hybridized carbons (Fsp3) is 0.200.